The zero-order chi connectivity index (χ0) is 27.4. The largest absolute Gasteiger partial charge is 0.481 e. The van der Waals surface area contributed by atoms with Gasteiger partial charge in [0.15, 0.2) is 5.65 Å². The highest BCUT2D eigenvalue weighted by Crippen LogP contribution is 2.31. The van der Waals surface area contributed by atoms with Crippen LogP contribution in [0.3, 0.4) is 0 Å². The predicted octanol–water partition coefficient (Wildman–Crippen LogP) is 6.90. The van der Waals surface area contributed by atoms with Crippen LogP contribution in [0.2, 0.25) is 5.02 Å². The summed E-state index contributed by atoms with van der Waals surface area (Å²) >= 11 is 10.0. The summed E-state index contributed by atoms with van der Waals surface area (Å²) < 4.78 is 8.53. The third-order valence-electron chi connectivity index (χ3n) is 6.90. The van der Waals surface area contributed by atoms with Gasteiger partial charge in [0.25, 0.3) is 5.91 Å². The highest BCUT2D eigenvalue weighted by atomic mass is 79.9. The molecule has 1 N–H and O–H groups in total. The molecule has 3 heterocycles. The topological polar surface area (TPSA) is 71.8 Å². The molecule has 7 nitrogen and oxygen atoms in total. The number of ether oxygens (including phenoxy) is 1. The van der Waals surface area contributed by atoms with E-state index in [0.717, 1.165) is 40.9 Å². The van der Waals surface area contributed by atoms with Crippen molar-refractivity contribution in [3.8, 4) is 17.0 Å². The van der Waals surface area contributed by atoms with Crippen molar-refractivity contribution in [2.45, 2.75) is 18.9 Å². The van der Waals surface area contributed by atoms with E-state index in [2.05, 4.69) is 39.5 Å². The number of hydrogen-bond donors (Lipinski definition) is 1. The maximum Gasteiger partial charge on any atom is 0.257 e. The minimum absolute atomic E-state index is 0.0227. The number of nitrogens with one attached hydrogen (secondary N) is 1. The third kappa shape index (κ3) is 5.87. The van der Waals surface area contributed by atoms with Gasteiger partial charge in [0.05, 0.1) is 21.9 Å². The van der Waals surface area contributed by atoms with Crippen molar-refractivity contribution in [2.24, 2.45) is 5.92 Å². The quantitative estimate of drug-likeness (QED) is 0.210. The zero-order valence-corrected chi connectivity index (χ0v) is 23.7. The lowest BCUT2D eigenvalue weighted by Gasteiger charge is -2.32. The summed E-state index contributed by atoms with van der Waals surface area (Å²) in [6, 6.07) is 17.0. The summed E-state index contributed by atoms with van der Waals surface area (Å²) in [6.07, 6.45) is 6.47. The molecule has 9 heteroatoms. The molecule has 0 radical (unpaired) electrons. The van der Waals surface area contributed by atoms with Crippen LogP contribution < -0.4 is 10.1 Å². The van der Waals surface area contributed by atoms with Crippen LogP contribution in [-0.2, 0) is 0 Å². The number of nitrogens with zero attached hydrogens (tertiary/aromatic N) is 4. The molecule has 2 aromatic carbocycles. The maximum absolute atomic E-state index is 13.4. The van der Waals surface area contributed by atoms with Crippen LogP contribution in [0.5, 0.6) is 5.75 Å². The predicted molar refractivity (Wildman–Crippen MR) is 160 cm³/mol. The second kappa shape index (κ2) is 12.1. The number of amides is 1. The summed E-state index contributed by atoms with van der Waals surface area (Å²) in [5, 5.41) is 8.70. The molecule has 1 fully saturated rings. The number of carbonyl (C=O) groups excluding carboxylic acids is 1. The lowest BCUT2D eigenvalue weighted by Crippen LogP contribution is -2.40. The van der Waals surface area contributed by atoms with Crippen molar-refractivity contribution in [1.29, 1.82) is 0 Å². The second-order valence-corrected chi connectivity index (χ2v) is 10.7. The Morgan fingerprint density at radius 1 is 1.15 bits per heavy atom. The first kappa shape index (κ1) is 27.0. The monoisotopic (exact) mass is 605 g/mol. The van der Waals surface area contributed by atoms with Gasteiger partial charge in [-0.2, -0.15) is 9.61 Å². The van der Waals surface area contributed by atoms with E-state index >= 15 is 0 Å². The van der Waals surface area contributed by atoms with Crippen molar-refractivity contribution >= 4 is 44.9 Å². The fraction of sp³-hybridized carbons (Fsp3) is 0.233. The summed E-state index contributed by atoms with van der Waals surface area (Å²) in [4.78, 5) is 20.0. The molecule has 1 amide bonds. The van der Waals surface area contributed by atoms with Gasteiger partial charge in [-0.25, -0.2) is 4.98 Å². The van der Waals surface area contributed by atoms with Gasteiger partial charge in [-0.3, -0.25) is 4.79 Å². The van der Waals surface area contributed by atoms with E-state index in [4.69, 9.17) is 21.3 Å². The van der Waals surface area contributed by atoms with Crippen molar-refractivity contribution in [3.05, 3.63) is 101 Å². The number of rotatable bonds is 9. The molecule has 5 rings (SSSR count). The van der Waals surface area contributed by atoms with Crippen LogP contribution in [-0.4, -0.2) is 51.1 Å². The lowest BCUT2D eigenvalue weighted by molar-refractivity contribution is 0.0690. The van der Waals surface area contributed by atoms with Crippen molar-refractivity contribution in [2.75, 3.05) is 25.0 Å². The maximum atomic E-state index is 13.4. The van der Waals surface area contributed by atoms with Crippen LogP contribution >= 0.6 is 27.5 Å². The number of carbonyl (C=O) groups is 1. The van der Waals surface area contributed by atoms with E-state index in [-0.39, 0.29) is 12.0 Å². The van der Waals surface area contributed by atoms with Gasteiger partial charge in [-0.05, 0) is 65.0 Å². The van der Waals surface area contributed by atoms with Crippen LogP contribution in [0.15, 0.2) is 90.6 Å². The summed E-state index contributed by atoms with van der Waals surface area (Å²) in [5.74, 6) is 1.75. The molecule has 1 saturated heterocycles. The van der Waals surface area contributed by atoms with Crippen LogP contribution in [0.1, 0.15) is 23.2 Å². The second-order valence-electron chi connectivity index (χ2n) is 9.40. The number of hydrogen-bond acceptors (Lipinski definition) is 5. The number of anilines is 1. The average Bonchev–Trinajstić information content (AvgIpc) is 3.35. The van der Waals surface area contributed by atoms with Gasteiger partial charge in [-0.1, -0.05) is 55.1 Å². The van der Waals surface area contributed by atoms with Crippen molar-refractivity contribution in [3.63, 3.8) is 0 Å². The van der Waals surface area contributed by atoms with Gasteiger partial charge >= 0.3 is 0 Å². The highest BCUT2D eigenvalue weighted by molar-refractivity contribution is 9.10. The van der Waals surface area contributed by atoms with E-state index in [9.17, 15) is 4.79 Å². The molecule has 1 aliphatic heterocycles. The number of para-hydroxylation sites is 1. The summed E-state index contributed by atoms with van der Waals surface area (Å²) in [5.41, 5.74) is 2.90. The van der Waals surface area contributed by atoms with E-state index in [1.807, 2.05) is 59.5 Å². The average molecular weight is 607 g/mol. The number of likely N-dealkylation sites (tertiary alicyclic amines) is 1. The first-order valence-electron chi connectivity index (χ1n) is 12.8. The highest BCUT2D eigenvalue weighted by Gasteiger charge is 2.26. The molecule has 0 aliphatic carbocycles. The first-order valence-corrected chi connectivity index (χ1v) is 14.0. The summed E-state index contributed by atoms with van der Waals surface area (Å²) in [7, 11) is 0. The van der Waals surface area contributed by atoms with Crippen LogP contribution in [0, 0.1) is 5.92 Å². The van der Waals surface area contributed by atoms with E-state index in [0.29, 0.717) is 41.0 Å². The van der Waals surface area contributed by atoms with E-state index < -0.39 is 0 Å². The molecule has 0 atom stereocenters. The van der Waals surface area contributed by atoms with E-state index in [1.165, 1.54) is 0 Å². The molecule has 39 heavy (non-hydrogen) atoms. The standard InChI is InChI=1S/C30H29BrClN5O2/c1-3-21(4-2)39-27-12-8-6-10-23(27)30(38)36-15-13-20(14-16-36)18-33-28-17-26(22-9-5-7-11-25(22)32)35-29-24(31)19-34-37(28)29/h3-12,17,19-21,33H,1-2,13-16,18H2. The molecular formula is C30H29BrClN5O2. The minimum atomic E-state index is -0.357. The van der Waals surface area contributed by atoms with Crippen LogP contribution in [0.25, 0.3) is 16.9 Å². The molecular weight excluding hydrogens is 578 g/mol. The van der Waals surface area contributed by atoms with Crippen molar-refractivity contribution < 1.29 is 9.53 Å². The normalized spacial score (nSPS) is 14.0. The molecule has 0 bridgehead atoms. The van der Waals surface area contributed by atoms with Crippen LogP contribution in [0.4, 0.5) is 5.82 Å². The van der Waals surface area contributed by atoms with Gasteiger partial charge in [0.1, 0.15) is 17.7 Å². The zero-order valence-electron chi connectivity index (χ0n) is 21.4. The number of fused-ring (bicyclic) bond motifs is 1. The minimum Gasteiger partial charge on any atom is -0.481 e. The fourth-order valence-electron chi connectivity index (χ4n) is 4.71. The number of aromatic nitrogens is 3. The Bertz CT molecular complexity index is 1500. The molecule has 0 unspecified atom stereocenters. The first-order chi connectivity index (χ1) is 19.0. The fourth-order valence-corrected chi connectivity index (χ4v) is 5.29. The van der Waals surface area contributed by atoms with Gasteiger partial charge < -0.3 is 15.0 Å². The third-order valence-corrected chi connectivity index (χ3v) is 7.79. The molecule has 0 saturated carbocycles. The molecule has 4 aromatic rings. The number of halogens is 2. The smallest absolute Gasteiger partial charge is 0.257 e. The van der Waals surface area contributed by atoms with Gasteiger partial charge in [-0.15, -0.1) is 0 Å². The Kier molecular flexibility index (Phi) is 8.33. The van der Waals surface area contributed by atoms with E-state index in [1.54, 1.807) is 22.9 Å². The Hall–Kier alpha value is -3.62. The molecule has 2 aromatic heterocycles. The molecule has 1 aliphatic rings. The van der Waals surface area contributed by atoms with Gasteiger partial charge in [0, 0.05) is 36.3 Å². The number of piperidine rings is 1. The Morgan fingerprint density at radius 2 is 1.87 bits per heavy atom. The lowest BCUT2D eigenvalue weighted by atomic mass is 9.96. The Morgan fingerprint density at radius 3 is 2.62 bits per heavy atom. The summed E-state index contributed by atoms with van der Waals surface area (Å²) in [6.45, 7) is 9.64. The van der Waals surface area contributed by atoms with Gasteiger partial charge in [0.2, 0.25) is 0 Å². The Labute approximate surface area is 241 Å². The van der Waals surface area contributed by atoms with Crippen molar-refractivity contribution in [1.82, 2.24) is 19.5 Å². The number of benzene rings is 2. The molecule has 200 valence electrons. The SMILES string of the molecule is C=CC(C=C)Oc1ccccc1C(=O)N1CCC(CNc2cc(-c3ccccc3Cl)nc3c(Br)cnn23)CC1. The molecule has 0 spiro atoms. The Balaban J connectivity index is 1.26.